The average molecular weight is 161 g/mol. The van der Waals surface area contributed by atoms with Crippen LogP contribution in [0.2, 0.25) is 0 Å². The average Bonchev–Trinajstić information content (AvgIpc) is 2.58. The molecule has 0 spiro atoms. The molecule has 3 unspecified atom stereocenters. The molecule has 2 fully saturated rings. The van der Waals surface area contributed by atoms with Crippen molar-refractivity contribution < 1.29 is 8.78 Å². The SMILES string of the molecule is CC(F)(F)C1C2CCCNC21. The van der Waals surface area contributed by atoms with E-state index in [0.29, 0.717) is 0 Å². The molecule has 1 saturated carbocycles. The molecular formula is C8H13F2N. The highest BCUT2D eigenvalue weighted by Gasteiger charge is 2.61. The van der Waals surface area contributed by atoms with Crippen molar-refractivity contribution in [2.75, 3.05) is 6.54 Å². The molecule has 0 bridgehead atoms. The van der Waals surface area contributed by atoms with Crippen molar-refractivity contribution >= 4 is 0 Å². The summed E-state index contributed by atoms with van der Waals surface area (Å²) in [6.45, 7) is 1.96. The van der Waals surface area contributed by atoms with E-state index in [1.54, 1.807) is 0 Å². The van der Waals surface area contributed by atoms with Crippen LogP contribution in [-0.4, -0.2) is 18.5 Å². The molecule has 0 aromatic carbocycles. The lowest BCUT2D eigenvalue weighted by Crippen LogP contribution is -2.26. The third kappa shape index (κ3) is 1.15. The fraction of sp³-hybridized carbons (Fsp3) is 1.00. The first-order valence-corrected chi connectivity index (χ1v) is 4.22. The van der Waals surface area contributed by atoms with E-state index in [2.05, 4.69) is 5.32 Å². The van der Waals surface area contributed by atoms with Gasteiger partial charge in [0, 0.05) is 12.0 Å². The lowest BCUT2D eigenvalue weighted by molar-refractivity contribution is -0.00917. The molecule has 1 aliphatic carbocycles. The van der Waals surface area contributed by atoms with Crippen LogP contribution in [0.3, 0.4) is 0 Å². The van der Waals surface area contributed by atoms with Crippen LogP contribution in [0.5, 0.6) is 0 Å². The molecule has 64 valence electrons. The summed E-state index contributed by atoms with van der Waals surface area (Å²) in [6, 6.07) is 0.128. The number of piperidine rings is 1. The number of nitrogens with one attached hydrogen (secondary N) is 1. The van der Waals surface area contributed by atoms with E-state index < -0.39 is 5.92 Å². The number of hydrogen-bond donors (Lipinski definition) is 1. The maximum absolute atomic E-state index is 12.8. The van der Waals surface area contributed by atoms with E-state index in [4.69, 9.17) is 0 Å². The standard InChI is InChI=1S/C8H13F2N/c1-8(9,10)6-5-3-2-4-11-7(5)6/h5-7,11H,2-4H2,1H3. The predicted molar refractivity (Wildman–Crippen MR) is 38.6 cm³/mol. The van der Waals surface area contributed by atoms with E-state index in [1.165, 1.54) is 0 Å². The summed E-state index contributed by atoms with van der Waals surface area (Å²) >= 11 is 0. The molecule has 1 nitrogen and oxygen atoms in total. The fourth-order valence-electron chi connectivity index (χ4n) is 2.31. The van der Waals surface area contributed by atoms with E-state index in [9.17, 15) is 8.78 Å². The van der Waals surface area contributed by atoms with Crippen LogP contribution in [0.25, 0.3) is 0 Å². The Morgan fingerprint density at radius 1 is 1.45 bits per heavy atom. The van der Waals surface area contributed by atoms with Crippen molar-refractivity contribution in [3.8, 4) is 0 Å². The van der Waals surface area contributed by atoms with Crippen molar-refractivity contribution in [1.82, 2.24) is 5.32 Å². The number of fused-ring (bicyclic) bond motifs is 1. The summed E-state index contributed by atoms with van der Waals surface area (Å²) in [4.78, 5) is 0. The van der Waals surface area contributed by atoms with Gasteiger partial charge in [0.05, 0.1) is 0 Å². The molecule has 0 amide bonds. The van der Waals surface area contributed by atoms with Crippen LogP contribution in [0.4, 0.5) is 8.78 Å². The molecule has 0 radical (unpaired) electrons. The molecule has 2 rings (SSSR count). The van der Waals surface area contributed by atoms with Gasteiger partial charge in [-0.15, -0.1) is 0 Å². The number of halogens is 2. The Labute approximate surface area is 65.2 Å². The largest absolute Gasteiger partial charge is 0.313 e. The minimum atomic E-state index is -2.47. The predicted octanol–water partition coefficient (Wildman–Crippen LogP) is 1.64. The normalized spacial score (nSPS) is 43.4. The Kier molecular flexibility index (Phi) is 1.46. The second-order valence-electron chi connectivity index (χ2n) is 3.77. The Morgan fingerprint density at radius 3 is 2.64 bits per heavy atom. The Morgan fingerprint density at radius 2 is 2.18 bits per heavy atom. The van der Waals surface area contributed by atoms with Crippen LogP contribution in [0.15, 0.2) is 0 Å². The zero-order chi connectivity index (χ0) is 8.06. The molecule has 1 aliphatic heterocycles. The van der Waals surface area contributed by atoms with Crippen molar-refractivity contribution in [3.63, 3.8) is 0 Å². The summed E-state index contributed by atoms with van der Waals surface area (Å²) < 4.78 is 25.5. The highest BCUT2D eigenvalue weighted by Crippen LogP contribution is 2.52. The minimum Gasteiger partial charge on any atom is -0.313 e. The summed E-state index contributed by atoms with van der Waals surface area (Å²) in [5, 5.41) is 3.13. The first-order valence-electron chi connectivity index (χ1n) is 4.22. The first-order chi connectivity index (χ1) is 5.11. The maximum Gasteiger partial charge on any atom is 0.250 e. The van der Waals surface area contributed by atoms with Crippen LogP contribution < -0.4 is 5.32 Å². The van der Waals surface area contributed by atoms with Gasteiger partial charge in [0.1, 0.15) is 0 Å². The van der Waals surface area contributed by atoms with Crippen molar-refractivity contribution in [1.29, 1.82) is 0 Å². The minimum absolute atomic E-state index is 0.128. The van der Waals surface area contributed by atoms with E-state index >= 15 is 0 Å². The molecule has 3 atom stereocenters. The molecular weight excluding hydrogens is 148 g/mol. The van der Waals surface area contributed by atoms with Crippen LogP contribution in [0.1, 0.15) is 19.8 Å². The second-order valence-corrected chi connectivity index (χ2v) is 3.77. The van der Waals surface area contributed by atoms with Gasteiger partial charge in [-0.1, -0.05) is 0 Å². The van der Waals surface area contributed by atoms with Gasteiger partial charge in [0.25, 0.3) is 0 Å². The third-order valence-electron chi connectivity index (χ3n) is 2.85. The Bertz CT molecular complexity index is 152. The molecule has 2 aliphatic rings. The molecule has 3 heteroatoms. The molecule has 1 saturated heterocycles. The van der Waals surface area contributed by atoms with Gasteiger partial charge in [-0.2, -0.15) is 0 Å². The smallest absolute Gasteiger partial charge is 0.250 e. The van der Waals surface area contributed by atoms with Gasteiger partial charge in [0.2, 0.25) is 5.92 Å². The van der Waals surface area contributed by atoms with Gasteiger partial charge in [-0.05, 0) is 32.2 Å². The fourth-order valence-corrected chi connectivity index (χ4v) is 2.31. The van der Waals surface area contributed by atoms with Crippen LogP contribution in [0, 0.1) is 11.8 Å². The van der Waals surface area contributed by atoms with Crippen LogP contribution in [-0.2, 0) is 0 Å². The van der Waals surface area contributed by atoms with E-state index in [1.807, 2.05) is 0 Å². The third-order valence-corrected chi connectivity index (χ3v) is 2.85. The zero-order valence-electron chi connectivity index (χ0n) is 6.61. The van der Waals surface area contributed by atoms with Crippen molar-refractivity contribution in [3.05, 3.63) is 0 Å². The highest BCUT2D eigenvalue weighted by molar-refractivity contribution is 5.09. The van der Waals surface area contributed by atoms with Gasteiger partial charge in [0.15, 0.2) is 0 Å². The van der Waals surface area contributed by atoms with E-state index in [-0.39, 0.29) is 17.9 Å². The Hall–Kier alpha value is -0.180. The number of alkyl halides is 2. The first kappa shape index (κ1) is 7.47. The van der Waals surface area contributed by atoms with Gasteiger partial charge in [-0.25, -0.2) is 8.78 Å². The highest BCUT2D eigenvalue weighted by atomic mass is 19.3. The lowest BCUT2D eigenvalue weighted by Gasteiger charge is -2.08. The quantitative estimate of drug-likeness (QED) is 0.616. The molecule has 0 aromatic heterocycles. The molecule has 1 heterocycles. The van der Waals surface area contributed by atoms with Gasteiger partial charge in [-0.3, -0.25) is 0 Å². The summed E-state index contributed by atoms with van der Waals surface area (Å²) in [5.41, 5.74) is 0. The molecule has 0 aromatic rings. The molecule has 11 heavy (non-hydrogen) atoms. The monoisotopic (exact) mass is 161 g/mol. The zero-order valence-corrected chi connectivity index (χ0v) is 6.61. The maximum atomic E-state index is 12.8. The number of rotatable bonds is 1. The van der Waals surface area contributed by atoms with Crippen molar-refractivity contribution in [2.45, 2.75) is 31.7 Å². The van der Waals surface area contributed by atoms with Gasteiger partial charge >= 0.3 is 0 Å². The second kappa shape index (κ2) is 2.16. The van der Waals surface area contributed by atoms with Gasteiger partial charge < -0.3 is 5.32 Å². The summed E-state index contributed by atoms with van der Waals surface area (Å²) in [7, 11) is 0. The number of hydrogen-bond acceptors (Lipinski definition) is 1. The summed E-state index contributed by atoms with van der Waals surface area (Å²) in [5.74, 6) is -2.57. The summed E-state index contributed by atoms with van der Waals surface area (Å²) in [6.07, 6.45) is 2.06. The lowest BCUT2D eigenvalue weighted by atomic mass is 10.1. The van der Waals surface area contributed by atoms with E-state index in [0.717, 1.165) is 26.3 Å². The Balaban J connectivity index is 2.00. The molecule has 1 N–H and O–H groups in total. The van der Waals surface area contributed by atoms with Crippen molar-refractivity contribution in [2.24, 2.45) is 11.8 Å². The van der Waals surface area contributed by atoms with Crippen LogP contribution >= 0.6 is 0 Å². The topological polar surface area (TPSA) is 12.0 Å².